The van der Waals surface area contributed by atoms with Crippen LogP contribution in [0.3, 0.4) is 0 Å². The summed E-state index contributed by atoms with van der Waals surface area (Å²) in [5.41, 5.74) is 3.60. The second kappa shape index (κ2) is 9.71. The molecule has 2 heterocycles. The van der Waals surface area contributed by atoms with Gasteiger partial charge < -0.3 is 29.2 Å². The predicted molar refractivity (Wildman–Crippen MR) is 144 cm³/mol. The smallest absolute Gasteiger partial charge is 0.139 e. The first-order chi connectivity index (χ1) is 18.6. The number of methoxy groups -OCH3 is 2. The Bertz CT molecular complexity index is 1480. The van der Waals surface area contributed by atoms with Gasteiger partial charge in [-0.3, -0.25) is 0 Å². The molecule has 2 aliphatic heterocycles. The van der Waals surface area contributed by atoms with Crippen LogP contribution in [0.25, 0.3) is 6.08 Å². The van der Waals surface area contributed by atoms with Gasteiger partial charge in [-0.1, -0.05) is 72.8 Å². The topological polar surface area (TPSA) is 77.4 Å². The number of allylic oxidation sites excluding steroid dienone is 1. The molecule has 4 atom stereocenters. The molecule has 0 amide bonds. The first kappa shape index (κ1) is 23.8. The molecule has 0 radical (unpaired) electrons. The van der Waals surface area contributed by atoms with Crippen LogP contribution in [0.5, 0.6) is 34.5 Å². The van der Waals surface area contributed by atoms with Crippen molar-refractivity contribution >= 4 is 6.08 Å². The molecule has 4 aromatic carbocycles. The number of rotatable bonds is 5. The van der Waals surface area contributed by atoms with Crippen LogP contribution in [0.1, 0.15) is 40.4 Å². The molecule has 6 nitrogen and oxygen atoms in total. The molecule has 0 unspecified atom stereocenters. The van der Waals surface area contributed by atoms with Gasteiger partial charge in [-0.25, -0.2) is 0 Å². The van der Waals surface area contributed by atoms with Gasteiger partial charge in [-0.05, 0) is 11.1 Å². The molecule has 6 rings (SSSR count). The third-order valence-corrected chi connectivity index (χ3v) is 7.28. The number of hydrogen-bond acceptors (Lipinski definition) is 6. The Hall–Kier alpha value is -4.58. The quantitative estimate of drug-likeness (QED) is 0.309. The molecule has 0 aromatic heterocycles. The van der Waals surface area contributed by atoms with Gasteiger partial charge in [-0.2, -0.15) is 0 Å². The van der Waals surface area contributed by atoms with Crippen LogP contribution in [-0.4, -0.2) is 24.4 Å². The van der Waals surface area contributed by atoms with Crippen molar-refractivity contribution in [2.75, 3.05) is 14.2 Å². The van der Waals surface area contributed by atoms with E-state index in [0.29, 0.717) is 28.6 Å². The van der Waals surface area contributed by atoms with Gasteiger partial charge >= 0.3 is 0 Å². The maximum atomic E-state index is 10.5. The molecule has 0 saturated carbocycles. The van der Waals surface area contributed by atoms with E-state index >= 15 is 0 Å². The average molecular weight is 509 g/mol. The zero-order chi connectivity index (χ0) is 26.2. The summed E-state index contributed by atoms with van der Waals surface area (Å²) < 4.78 is 24.8. The van der Waals surface area contributed by atoms with Gasteiger partial charge in [0, 0.05) is 35.7 Å². The minimum atomic E-state index is -0.496. The molecule has 2 N–H and O–H groups in total. The largest absolute Gasteiger partial charge is 0.508 e. The number of benzene rings is 4. The van der Waals surface area contributed by atoms with Gasteiger partial charge in [0.25, 0.3) is 0 Å². The van der Waals surface area contributed by atoms with Crippen molar-refractivity contribution in [3.05, 3.63) is 113 Å². The van der Waals surface area contributed by atoms with Crippen LogP contribution in [0.15, 0.2) is 91.0 Å². The molecule has 192 valence electrons. The van der Waals surface area contributed by atoms with Crippen molar-refractivity contribution in [2.24, 2.45) is 5.92 Å². The lowest BCUT2D eigenvalue weighted by Gasteiger charge is -2.46. The molecule has 38 heavy (non-hydrogen) atoms. The van der Waals surface area contributed by atoms with E-state index in [1.165, 1.54) is 0 Å². The zero-order valence-electron chi connectivity index (χ0n) is 21.1. The van der Waals surface area contributed by atoms with Gasteiger partial charge in [0.2, 0.25) is 0 Å². The van der Waals surface area contributed by atoms with Crippen LogP contribution in [0.2, 0.25) is 0 Å². The number of phenolic OH excluding ortho intramolecular Hbond substituents is 2. The maximum Gasteiger partial charge on any atom is 0.139 e. The van der Waals surface area contributed by atoms with Crippen LogP contribution in [0.4, 0.5) is 0 Å². The summed E-state index contributed by atoms with van der Waals surface area (Å²) in [6.07, 6.45) is 3.35. The maximum absolute atomic E-state index is 10.5. The summed E-state index contributed by atoms with van der Waals surface area (Å²) in [6.45, 7) is 0. The second-order valence-electron chi connectivity index (χ2n) is 9.48. The number of phenols is 2. The van der Waals surface area contributed by atoms with Gasteiger partial charge in [0.15, 0.2) is 0 Å². The number of aromatic hydroxyl groups is 2. The Labute approximate surface area is 221 Å². The zero-order valence-corrected chi connectivity index (χ0v) is 21.1. The van der Waals surface area contributed by atoms with E-state index in [0.717, 1.165) is 16.7 Å². The fourth-order valence-electron chi connectivity index (χ4n) is 5.66. The molecule has 0 bridgehead atoms. The van der Waals surface area contributed by atoms with Crippen molar-refractivity contribution in [2.45, 2.75) is 18.1 Å². The molecular weight excluding hydrogens is 480 g/mol. The van der Waals surface area contributed by atoms with E-state index in [-0.39, 0.29) is 23.3 Å². The molecule has 0 spiro atoms. The first-order valence-corrected chi connectivity index (χ1v) is 12.5. The van der Waals surface area contributed by atoms with E-state index in [4.69, 9.17) is 18.9 Å². The minimum absolute atomic E-state index is 0.0434. The Morgan fingerprint density at radius 1 is 0.684 bits per heavy atom. The fourth-order valence-corrected chi connectivity index (χ4v) is 5.66. The monoisotopic (exact) mass is 508 g/mol. The lowest BCUT2D eigenvalue weighted by atomic mass is 9.71. The van der Waals surface area contributed by atoms with Gasteiger partial charge in [0.05, 0.1) is 25.7 Å². The Balaban J connectivity index is 1.61. The number of fused-ring (bicyclic) bond motifs is 4. The van der Waals surface area contributed by atoms with Crippen molar-refractivity contribution in [1.29, 1.82) is 0 Å². The highest BCUT2D eigenvalue weighted by molar-refractivity contribution is 5.61. The highest BCUT2D eigenvalue weighted by Gasteiger charge is 2.50. The number of ether oxygens (including phenoxy) is 4. The summed E-state index contributed by atoms with van der Waals surface area (Å²) in [7, 11) is 3.15. The SMILES string of the molecule is COc1cc(O)cc2c1[C@@H](/C=C/c1ccccc1)[C@@H]1[C@@H](c3ccccc3)Oc3cc(O)cc(OC)c3[C@@H]1O2. The standard InChI is InChI=1S/C32H28O6/c1-35-24-15-21(33)17-26-28(24)23(14-13-19-9-5-3-6-10-19)29-31(20-11-7-4-8-12-20)37-27-18-22(34)16-25(36-2)30(27)32(29)38-26/h3-18,23,29,31-34H,1-2H3/b14-13+/t23-,29-,31-,32-/m1/s1. The normalized spacial score (nSPS) is 21.4. The molecular formula is C32H28O6. The molecule has 4 aromatic rings. The highest BCUT2D eigenvalue weighted by atomic mass is 16.5. The fraction of sp³-hybridized carbons (Fsp3) is 0.188. The molecule has 0 fully saturated rings. The lowest BCUT2D eigenvalue weighted by molar-refractivity contribution is -0.0107. The van der Waals surface area contributed by atoms with E-state index < -0.39 is 12.2 Å². The van der Waals surface area contributed by atoms with Crippen LogP contribution >= 0.6 is 0 Å². The van der Waals surface area contributed by atoms with Crippen LogP contribution in [0, 0.1) is 5.92 Å². The molecule has 0 saturated heterocycles. The molecule has 6 heteroatoms. The highest BCUT2D eigenvalue weighted by Crippen LogP contribution is 2.61. The Morgan fingerprint density at radius 3 is 1.87 bits per heavy atom. The minimum Gasteiger partial charge on any atom is -0.508 e. The van der Waals surface area contributed by atoms with Crippen LogP contribution < -0.4 is 18.9 Å². The van der Waals surface area contributed by atoms with Gasteiger partial charge in [0.1, 0.15) is 46.7 Å². The van der Waals surface area contributed by atoms with E-state index in [1.807, 2.05) is 48.5 Å². The van der Waals surface area contributed by atoms with E-state index in [1.54, 1.807) is 38.5 Å². The first-order valence-electron chi connectivity index (χ1n) is 12.5. The van der Waals surface area contributed by atoms with Crippen molar-refractivity contribution < 1.29 is 29.2 Å². The summed E-state index contributed by atoms with van der Waals surface area (Å²) in [5, 5.41) is 20.9. The summed E-state index contributed by atoms with van der Waals surface area (Å²) in [6, 6.07) is 26.5. The van der Waals surface area contributed by atoms with Crippen molar-refractivity contribution in [1.82, 2.24) is 0 Å². The van der Waals surface area contributed by atoms with Crippen LogP contribution in [-0.2, 0) is 0 Å². The predicted octanol–water partition coefficient (Wildman–Crippen LogP) is 6.80. The molecule has 2 aliphatic rings. The average Bonchev–Trinajstić information content (AvgIpc) is 2.94. The summed E-state index contributed by atoms with van der Waals surface area (Å²) >= 11 is 0. The summed E-state index contributed by atoms with van der Waals surface area (Å²) in [4.78, 5) is 0. The Kier molecular flexibility index (Phi) is 6.08. The Morgan fingerprint density at radius 2 is 1.24 bits per heavy atom. The second-order valence-corrected chi connectivity index (χ2v) is 9.48. The lowest BCUT2D eigenvalue weighted by Crippen LogP contribution is -2.39. The summed E-state index contributed by atoms with van der Waals surface area (Å²) in [5.74, 6) is 1.69. The molecule has 0 aliphatic carbocycles. The third-order valence-electron chi connectivity index (χ3n) is 7.28. The van der Waals surface area contributed by atoms with E-state index in [9.17, 15) is 10.2 Å². The van der Waals surface area contributed by atoms with Gasteiger partial charge in [-0.15, -0.1) is 0 Å². The van der Waals surface area contributed by atoms with Crippen molar-refractivity contribution in [3.8, 4) is 34.5 Å². The number of hydrogen-bond donors (Lipinski definition) is 2. The third kappa shape index (κ3) is 4.08. The van der Waals surface area contributed by atoms with Crippen molar-refractivity contribution in [3.63, 3.8) is 0 Å². The van der Waals surface area contributed by atoms with E-state index in [2.05, 4.69) is 24.3 Å².